The second-order valence-electron chi connectivity index (χ2n) is 5.93. The molecule has 1 amide bonds. The summed E-state index contributed by atoms with van der Waals surface area (Å²) in [6, 6.07) is 0.228. The first-order valence-electron chi connectivity index (χ1n) is 7.92. The number of hydrogen-bond acceptors (Lipinski definition) is 4. The maximum absolute atomic E-state index is 12.6. The molecule has 0 aromatic rings. The number of amides is 1. The van der Waals surface area contributed by atoms with Gasteiger partial charge in [0.05, 0.1) is 25.4 Å². The van der Waals surface area contributed by atoms with Crippen molar-refractivity contribution in [2.75, 3.05) is 33.0 Å². The first-order chi connectivity index (χ1) is 9.81. The van der Waals surface area contributed by atoms with Gasteiger partial charge in [0, 0.05) is 25.7 Å². The number of nitrogens with zero attached hydrogens (tertiary/aromatic N) is 1. The number of rotatable bonds is 4. The number of morpholine rings is 1. The van der Waals surface area contributed by atoms with Gasteiger partial charge in [-0.3, -0.25) is 4.79 Å². The number of fused-ring (bicyclic) bond motifs is 1. The Labute approximate surface area is 120 Å². The molecule has 114 valence electrons. The summed E-state index contributed by atoms with van der Waals surface area (Å²) in [5.41, 5.74) is 0. The van der Waals surface area contributed by atoms with E-state index < -0.39 is 0 Å². The zero-order valence-electron chi connectivity index (χ0n) is 12.3. The van der Waals surface area contributed by atoms with E-state index in [0.717, 1.165) is 45.5 Å². The molecular formula is C15H25NO4. The van der Waals surface area contributed by atoms with Gasteiger partial charge in [0.15, 0.2) is 0 Å². The SMILES string of the molecule is CCOC[C@@H]1CC[C@@H]2[C@@H]1OCCN2C(=O)[C@H]1CCCO1. The van der Waals surface area contributed by atoms with Crippen molar-refractivity contribution in [1.82, 2.24) is 4.90 Å². The minimum Gasteiger partial charge on any atom is -0.381 e. The molecule has 20 heavy (non-hydrogen) atoms. The Bertz CT molecular complexity index is 343. The summed E-state index contributed by atoms with van der Waals surface area (Å²) in [6.07, 6.45) is 3.93. The molecule has 0 aromatic carbocycles. The Hall–Kier alpha value is -0.650. The predicted octanol–water partition coefficient (Wildman–Crippen LogP) is 1.21. The lowest BCUT2D eigenvalue weighted by Crippen LogP contribution is -2.55. The van der Waals surface area contributed by atoms with Gasteiger partial charge in [0.2, 0.25) is 0 Å². The third kappa shape index (κ3) is 2.71. The highest BCUT2D eigenvalue weighted by Gasteiger charge is 2.45. The molecule has 4 atom stereocenters. The van der Waals surface area contributed by atoms with Crippen molar-refractivity contribution in [3.8, 4) is 0 Å². The monoisotopic (exact) mass is 283 g/mol. The van der Waals surface area contributed by atoms with Crippen molar-refractivity contribution >= 4 is 5.91 Å². The molecule has 5 nitrogen and oxygen atoms in total. The highest BCUT2D eigenvalue weighted by atomic mass is 16.5. The van der Waals surface area contributed by atoms with Gasteiger partial charge in [-0.2, -0.15) is 0 Å². The van der Waals surface area contributed by atoms with Crippen molar-refractivity contribution in [1.29, 1.82) is 0 Å². The van der Waals surface area contributed by atoms with Crippen LogP contribution >= 0.6 is 0 Å². The highest BCUT2D eigenvalue weighted by molar-refractivity contribution is 5.81. The quantitative estimate of drug-likeness (QED) is 0.778. The fraction of sp³-hybridized carbons (Fsp3) is 0.933. The zero-order chi connectivity index (χ0) is 13.9. The maximum Gasteiger partial charge on any atom is 0.252 e. The molecule has 3 rings (SSSR count). The van der Waals surface area contributed by atoms with E-state index in [4.69, 9.17) is 14.2 Å². The molecule has 3 fully saturated rings. The second kappa shape index (κ2) is 6.41. The number of ether oxygens (including phenoxy) is 3. The first kappa shape index (κ1) is 14.3. The molecule has 0 spiro atoms. The Balaban J connectivity index is 1.63. The molecule has 0 N–H and O–H groups in total. The van der Waals surface area contributed by atoms with Crippen LogP contribution in [0.1, 0.15) is 32.6 Å². The summed E-state index contributed by atoms with van der Waals surface area (Å²) in [4.78, 5) is 14.6. The topological polar surface area (TPSA) is 48.0 Å². The van der Waals surface area contributed by atoms with Crippen LogP contribution in [0.4, 0.5) is 0 Å². The van der Waals surface area contributed by atoms with E-state index in [1.54, 1.807) is 0 Å². The van der Waals surface area contributed by atoms with Crippen LogP contribution in [0.5, 0.6) is 0 Å². The average Bonchev–Trinajstić information content (AvgIpc) is 3.13. The molecule has 0 bridgehead atoms. The lowest BCUT2D eigenvalue weighted by atomic mass is 10.0. The van der Waals surface area contributed by atoms with E-state index in [1.807, 2.05) is 11.8 Å². The van der Waals surface area contributed by atoms with Gasteiger partial charge in [-0.05, 0) is 32.6 Å². The molecule has 3 aliphatic rings. The smallest absolute Gasteiger partial charge is 0.252 e. The summed E-state index contributed by atoms with van der Waals surface area (Å²) in [5, 5.41) is 0. The molecular weight excluding hydrogens is 258 g/mol. The predicted molar refractivity (Wildman–Crippen MR) is 73.4 cm³/mol. The van der Waals surface area contributed by atoms with Crippen molar-refractivity contribution in [3.63, 3.8) is 0 Å². The summed E-state index contributed by atoms with van der Waals surface area (Å²) in [5.74, 6) is 0.609. The minimum absolute atomic E-state index is 0.153. The molecule has 2 aliphatic heterocycles. The Kier molecular flexibility index (Phi) is 4.58. The molecule has 0 unspecified atom stereocenters. The van der Waals surface area contributed by atoms with E-state index in [0.29, 0.717) is 19.1 Å². The van der Waals surface area contributed by atoms with Crippen LogP contribution in [-0.2, 0) is 19.0 Å². The molecule has 1 aliphatic carbocycles. The highest BCUT2D eigenvalue weighted by Crippen LogP contribution is 2.35. The van der Waals surface area contributed by atoms with Gasteiger partial charge in [-0.25, -0.2) is 0 Å². The van der Waals surface area contributed by atoms with Gasteiger partial charge >= 0.3 is 0 Å². The van der Waals surface area contributed by atoms with Crippen molar-refractivity contribution in [3.05, 3.63) is 0 Å². The van der Waals surface area contributed by atoms with Crippen LogP contribution in [0.3, 0.4) is 0 Å². The van der Waals surface area contributed by atoms with Gasteiger partial charge in [-0.15, -0.1) is 0 Å². The van der Waals surface area contributed by atoms with Gasteiger partial charge in [0.1, 0.15) is 6.10 Å². The Morgan fingerprint density at radius 2 is 2.15 bits per heavy atom. The fourth-order valence-electron chi connectivity index (χ4n) is 3.74. The van der Waals surface area contributed by atoms with Crippen LogP contribution in [0.25, 0.3) is 0 Å². The normalized spacial score (nSPS) is 37.1. The lowest BCUT2D eigenvalue weighted by molar-refractivity contribution is -0.156. The van der Waals surface area contributed by atoms with Crippen molar-refractivity contribution in [2.24, 2.45) is 5.92 Å². The molecule has 1 saturated carbocycles. The Morgan fingerprint density at radius 1 is 1.25 bits per heavy atom. The van der Waals surface area contributed by atoms with Crippen LogP contribution in [0, 0.1) is 5.92 Å². The molecule has 2 saturated heterocycles. The van der Waals surface area contributed by atoms with Crippen LogP contribution in [0.15, 0.2) is 0 Å². The minimum atomic E-state index is -0.209. The standard InChI is InChI=1S/C15H25NO4/c1-2-18-10-11-5-6-12-14(11)20-9-7-16(12)15(17)13-4-3-8-19-13/h11-14H,2-10H2,1H3/t11-,12+,13+,14+/m0/s1. The van der Waals surface area contributed by atoms with Gasteiger partial charge in [-0.1, -0.05) is 0 Å². The zero-order valence-corrected chi connectivity index (χ0v) is 12.3. The second-order valence-corrected chi connectivity index (χ2v) is 5.93. The summed E-state index contributed by atoms with van der Waals surface area (Å²) >= 11 is 0. The molecule has 2 heterocycles. The van der Waals surface area contributed by atoms with E-state index >= 15 is 0 Å². The summed E-state index contributed by atoms with van der Waals surface area (Å²) < 4.78 is 17.0. The van der Waals surface area contributed by atoms with E-state index in [-0.39, 0.29) is 24.2 Å². The van der Waals surface area contributed by atoms with Crippen LogP contribution in [0.2, 0.25) is 0 Å². The number of carbonyl (C=O) groups is 1. The fourth-order valence-corrected chi connectivity index (χ4v) is 3.74. The van der Waals surface area contributed by atoms with Crippen molar-refractivity contribution < 1.29 is 19.0 Å². The molecule has 0 aromatic heterocycles. The van der Waals surface area contributed by atoms with Gasteiger partial charge < -0.3 is 19.1 Å². The van der Waals surface area contributed by atoms with Crippen LogP contribution < -0.4 is 0 Å². The third-order valence-electron chi connectivity index (χ3n) is 4.74. The van der Waals surface area contributed by atoms with E-state index in [1.165, 1.54) is 0 Å². The number of carbonyl (C=O) groups excluding carboxylic acids is 1. The summed E-state index contributed by atoms with van der Waals surface area (Å²) in [6.45, 7) is 5.58. The van der Waals surface area contributed by atoms with Crippen molar-refractivity contribution in [2.45, 2.75) is 50.9 Å². The maximum atomic E-state index is 12.6. The molecule has 0 radical (unpaired) electrons. The third-order valence-corrected chi connectivity index (χ3v) is 4.74. The summed E-state index contributed by atoms with van der Waals surface area (Å²) in [7, 11) is 0. The molecule has 5 heteroatoms. The largest absolute Gasteiger partial charge is 0.381 e. The Morgan fingerprint density at radius 3 is 2.90 bits per heavy atom. The lowest BCUT2D eigenvalue weighted by Gasteiger charge is -2.40. The number of hydrogen-bond donors (Lipinski definition) is 0. The van der Waals surface area contributed by atoms with E-state index in [2.05, 4.69) is 0 Å². The van der Waals surface area contributed by atoms with Gasteiger partial charge in [0.25, 0.3) is 5.91 Å². The van der Waals surface area contributed by atoms with Crippen LogP contribution in [-0.4, -0.2) is 62.0 Å². The van der Waals surface area contributed by atoms with E-state index in [9.17, 15) is 4.79 Å². The average molecular weight is 283 g/mol. The first-order valence-corrected chi connectivity index (χ1v) is 7.92.